The van der Waals surface area contributed by atoms with E-state index in [1.54, 1.807) is 29.2 Å². The van der Waals surface area contributed by atoms with Crippen LogP contribution in [0, 0.1) is 0 Å². The van der Waals surface area contributed by atoms with Gasteiger partial charge >= 0.3 is 0 Å². The molecule has 2 heterocycles. The van der Waals surface area contributed by atoms with Gasteiger partial charge in [0.1, 0.15) is 16.8 Å². The predicted octanol–water partition coefficient (Wildman–Crippen LogP) is 3.87. The zero-order valence-corrected chi connectivity index (χ0v) is 17.5. The van der Waals surface area contributed by atoms with Crippen molar-refractivity contribution in [2.75, 3.05) is 18.5 Å². The molecule has 154 valence electrons. The van der Waals surface area contributed by atoms with E-state index in [-0.39, 0.29) is 18.4 Å². The molecule has 0 aliphatic carbocycles. The predicted molar refractivity (Wildman–Crippen MR) is 116 cm³/mol. The van der Waals surface area contributed by atoms with Crippen LogP contribution in [-0.2, 0) is 9.59 Å². The molecule has 2 aromatic carbocycles. The Morgan fingerprint density at radius 2 is 2.00 bits per heavy atom. The Morgan fingerprint density at radius 3 is 2.80 bits per heavy atom. The Labute approximate surface area is 182 Å². The second-order valence-electron chi connectivity index (χ2n) is 6.76. The van der Waals surface area contributed by atoms with Gasteiger partial charge in [-0.2, -0.15) is 0 Å². The summed E-state index contributed by atoms with van der Waals surface area (Å²) >= 11 is 7.28. The summed E-state index contributed by atoms with van der Waals surface area (Å²) in [5.41, 5.74) is 0.830. The van der Waals surface area contributed by atoms with Gasteiger partial charge in [0.25, 0.3) is 5.91 Å². The number of benzene rings is 2. The van der Waals surface area contributed by atoms with Crippen molar-refractivity contribution >= 4 is 39.9 Å². The lowest BCUT2D eigenvalue weighted by Gasteiger charge is -2.23. The zero-order valence-electron chi connectivity index (χ0n) is 16.0. The number of likely N-dealkylation sites (tertiary alicyclic amines) is 1. The first-order valence-corrected chi connectivity index (χ1v) is 10.7. The number of amides is 2. The highest BCUT2D eigenvalue weighted by molar-refractivity contribution is 7.18. The lowest BCUT2D eigenvalue weighted by molar-refractivity contribution is -0.138. The van der Waals surface area contributed by atoms with Crippen molar-refractivity contribution in [3.63, 3.8) is 0 Å². The first-order chi connectivity index (χ1) is 14.6. The molecule has 0 bridgehead atoms. The first-order valence-electron chi connectivity index (χ1n) is 9.48. The van der Waals surface area contributed by atoms with E-state index >= 15 is 0 Å². The van der Waals surface area contributed by atoms with Crippen LogP contribution < -0.4 is 10.1 Å². The van der Waals surface area contributed by atoms with Crippen LogP contribution in [0.25, 0.3) is 10.6 Å². The minimum Gasteiger partial charge on any atom is -0.484 e. The number of carbonyl (C=O) groups is 2. The number of aromatic nitrogens is 2. The van der Waals surface area contributed by atoms with E-state index in [0.29, 0.717) is 33.9 Å². The molecule has 1 aliphatic heterocycles. The van der Waals surface area contributed by atoms with Crippen molar-refractivity contribution in [1.82, 2.24) is 15.1 Å². The molecule has 1 aliphatic rings. The highest BCUT2D eigenvalue weighted by Crippen LogP contribution is 2.29. The summed E-state index contributed by atoms with van der Waals surface area (Å²) in [7, 11) is 0. The molecule has 7 nitrogen and oxygen atoms in total. The number of hydrogen-bond acceptors (Lipinski definition) is 6. The number of halogens is 1. The molecule has 0 spiro atoms. The van der Waals surface area contributed by atoms with E-state index in [4.69, 9.17) is 16.3 Å². The fraction of sp³-hybridized carbons (Fsp3) is 0.238. The molecule has 1 unspecified atom stereocenters. The third kappa shape index (κ3) is 4.77. The van der Waals surface area contributed by atoms with Crippen molar-refractivity contribution in [3.8, 4) is 16.3 Å². The second kappa shape index (κ2) is 9.23. The average Bonchev–Trinajstić information content (AvgIpc) is 3.43. The van der Waals surface area contributed by atoms with Crippen LogP contribution in [0.2, 0.25) is 5.02 Å². The van der Waals surface area contributed by atoms with Gasteiger partial charge in [0.15, 0.2) is 6.61 Å². The van der Waals surface area contributed by atoms with Gasteiger partial charge in [0.05, 0.1) is 0 Å². The number of anilines is 1. The van der Waals surface area contributed by atoms with Crippen molar-refractivity contribution in [1.29, 1.82) is 0 Å². The van der Waals surface area contributed by atoms with Crippen LogP contribution in [0.1, 0.15) is 12.8 Å². The Morgan fingerprint density at radius 1 is 1.17 bits per heavy atom. The van der Waals surface area contributed by atoms with Crippen LogP contribution in [0.15, 0.2) is 54.6 Å². The Balaban J connectivity index is 1.37. The smallest absolute Gasteiger partial charge is 0.261 e. The molecule has 9 heteroatoms. The molecule has 0 saturated carbocycles. The maximum absolute atomic E-state index is 12.8. The van der Waals surface area contributed by atoms with E-state index < -0.39 is 6.04 Å². The van der Waals surface area contributed by atoms with Gasteiger partial charge in [0.2, 0.25) is 11.0 Å². The summed E-state index contributed by atoms with van der Waals surface area (Å²) in [6.07, 6.45) is 1.36. The molecule has 1 aromatic heterocycles. The highest BCUT2D eigenvalue weighted by Gasteiger charge is 2.34. The van der Waals surface area contributed by atoms with Crippen LogP contribution in [0.4, 0.5) is 5.13 Å². The van der Waals surface area contributed by atoms with E-state index in [0.717, 1.165) is 12.0 Å². The zero-order chi connectivity index (χ0) is 20.9. The SMILES string of the molecule is O=C(Nc1nnc(-c2cccc(Cl)c2)s1)C1CCCN1C(=O)COc1ccccc1. The molecule has 1 fully saturated rings. The molecule has 1 atom stereocenters. The maximum atomic E-state index is 12.8. The molecule has 30 heavy (non-hydrogen) atoms. The standard InChI is InChI=1S/C21H19ClN4O3S/c22-15-7-4-6-14(12-15)20-24-25-21(30-20)23-19(28)17-10-5-11-26(17)18(27)13-29-16-8-2-1-3-9-16/h1-4,6-9,12,17H,5,10-11,13H2,(H,23,25,28). The summed E-state index contributed by atoms with van der Waals surface area (Å²) in [4.78, 5) is 26.9. The average molecular weight is 443 g/mol. The van der Waals surface area contributed by atoms with E-state index in [9.17, 15) is 9.59 Å². The molecule has 3 aromatic rings. The number of nitrogens with one attached hydrogen (secondary N) is 1. The molecular weight excluding hydrogens is 424 g/mol. The largest absolute Gasteiger partial charge is 0.484 e. The van der Waals surface area contributed by atoms with E-state index in [1.807, 2.05) is 30.3 Å². The van der Waals surface area contributed by atoms with Gasteiger partial charge in [-0.25, -0.2) is 0 Å². The van der Waals surface area contributed by atoms with Gasteiger partial charge < -0.3 is 9.64 Å². The fourth-order valence-corrected chi connectivity index (χ4v) is 4.22. The number of para-hydroxylation sites is 1. The molecular formula is C21H19ClN4O3S. The van der Waals surface area contributed by atoms with Crippen LogP contribution in [0.3, 0.4) is 0 Å². The van der Waals surface area contributed by atoms with Gasteiger partial charge in [-0.05, 0) is 37.1 Å². The lowest BCUT2D eigenvalue weighted by Crippen LogP contribution is -2.45. The second-order valence-corrected chi connectivity index (χ2v) is 8.17. The van der Waals surface area contributed by atoms with Gasteiger partial charge in [-0.3, -0.25) is 14.9 Å². The molecule has 2 amide bonds. The topological polar surface area (TPSA) is 84.4 Å². The van der Waals surface area contributed by atoms with Crippen molar-refractivity contribution in [3.05, 3.63) is 59.6 Å². The first kappa shape index (κ1) is 20.3. The fourth-order valence-electron chi connectivity index (χ4n) is 3.28. The van der Waals surface area contributed by atoms with Crippen LogP contribution in [0.5, 0.6) is 5.75 Å². The van der Waals surface area contributed by atoms with Crippen molar-refractivity contribution in [2.45, 2.75) is 18.9 Å². The minimum atomic E-state index is -0.546. The van der Waals surface area contributed by atoms with E-state index in [1.165, 1.54) is 11.3 Å². The normalized spacial score (nSPS) is 15.8. The van der Waals surface area contributed by atoms with E-state index in [2.05, 4.69) is 15.5 Å². The van der Waals surface area contributed by atoms with Gasteiger partial charge in [-0.1, -0.05) is 53.3 Å². The Hall–Kier alpha value is -2.97. The Kier molecular flexibility index (Phi) is 6.25. The van der Waals surface area contributed by atoms with Crippen LogP contribution in [-0.4, -0.2) is 46.1 Å². The number of nitrogens with zero attached hydrogens (tertiary/aromatic N) is 3. The third-order valence-corrected chi connectivity index (χ3v) is 5.83. The highest BCUT2D eigenvalue weighted by atomic mass is 35.5. The summed E-state index contributed by atoms with van der Waals surface area (Å²) in [5.74, 6) is 0.135. The molecule has 1 saturated heterocycles. The third-order valence-electron chi connectivity index (χ3n) is 4.71. The number of rotatable bonds is 6. The number of hydrogen-bond donors (Lipinski definition) is 1. The van der Waals surface area contributed by atoms with Gasteiger partial charge in [0, 0.05) is 17.1 Å². The maximum Gasteiger partial charge on any atom is 0.261 e. The lowest BCUT2D eigenvalue weighted by atomic mass is 10.2. The summed E-state index contributed by atoms with van der Waals surface area (Å²) in [6.45, 7) is 0.421. The molecule has 0 radical (unpaired) electrons. The number of ether oxygens (including phenoxy) is 1. The van der Waals surface area contributed by atoms with Crippen molar-refractivity contribution < 1.29 is 14.3 Å². The quantitative estimate of drug-likeness (QED) is 0.626. The Bertz CT molecular complexity index is 1040. The van der Waals surface area contributed by atoms with Gasteiger partial charge in [-0.15, -0.1) is 10.2 Å². The summed E-state index contributed by atoms with van der Waals surface area (Å²) < 4.78 is 5.53. The minimum absolute atomic E-state index is 0.106. The number of carbonyl (C=O) groups excluding carboxylic acids is 2. The summed E-state index contributed by atoms with van der Waals surface area (Å²) in [5, 5.41) is 12.6. The summed E-state index contributed by atoms with van der Waals surface area (Å²) in [6, 6.07) is 15.9. The monoisotopic (exact) mass is 442 g/mol. The molecule has 1 N–H and O–H groups in total. The van der Waals surface area contributed by atoms with Crippen LogP contribution >= 0.6 is 22.9 Å². The molecule has 4 rings (SSSR count). The van der Waals surface area contributed by atoms with Crippen molar-refractivity contribution in [2.24, 2.45) is 0 Å².